The number of aromatic nitrogens is 1. The summed E-state index contributed by atoms with van der Waals surface area (Å²) in [6.45, 7) is 0. The Hall–Kier alpha value is -2.14. The van der Waals surface area contributed by atoms with Gasteiger partial charge in [0.25, 0.3) is 5.69 Å². The highest BCUT2D eigenvalue weighted by Gasteiger charge is 2.14. The maximum Gasteiger partial charge on any atom is 0.269 e. The number of hydrogen-bond donors (Lipinski definition) is 0. The van der Waals surface area contributed by atoms with Crippen LogP contribution < -0.4 is 0 Å². The molecule has 1 aromatic carbocycles. The van der Waals surface area contributed by atoms with Gasteiger partial charge in [0.15, 0.2) is 6.29 Å². The summed E-state index contributed by atoms with van der Waals surface area (Å²) in [6.07, 6.45) is 2.40. The second-order valence-electron chi connectivity index (χ2n) is 3.78. The lowest BCUT2D eigenvalue weighted by atomic mass is 10.1. The first kappa shape index (κ1) is 12.3. The van der Waals surface area contributed by atoms with Gasteiger partial charge < -0.3 is 4.57 Å². The van der Waals surface area contributed by atoms with Crippen LogP contribution in [0.25, 0.3) is 11.1 Å². The van der Waals surface area contributed by atoms with Gasteiger partial charge in [-0.1, -0.05) is 11.6 Å². The Bertz CT molecular complexity index is 617. The number of non-ortho nitro benzene ring substituents is 1. The van der Waals surface area contributed by atoms with E-state index in [1.165, 1.54) is 12.1 Å². The predicted octanol–water partition coefficient (Wildman–Crippen LogP) is 3.07. The van der Waals surface area contributed by atoms with Gasteiger partial charge in [-0.05, 0) is 17.7 Å². The van der Waals surface area contributed by atoms with Gasteiger partial charge in [0.2, 0.25) is 0 Å². The van der Waals surface area contributed by atoms with Crippen LogP contribution in [0.2, 0.25) is 5.15 Å². The highest BCUT2D eigenvalue weighted by Crippen LogP contribution is 2.30. The van der Waals surface area contributed by atoms with E-state index in [2.05, 4.69) is 0 Å². The maximum absolute atomic E-state index is 11.0. The van der Waals surface area contributed by atoms with Crippen LogP contribution in [-0.4, -0.2) is 15.8 Å². The van der Waals surface area contributed by atoms with Crippen LogP contribution in [0.4, 0.5) is 5.69 Å². The van der Waals surface area contributed by atoms with E-state index < -0.39 is 4.92 Å². The molecule has 0 aliphatic rings. The number of rotatable bonds is 3. The number of carbonyl (C=O) groups excluding carboxylic acids is 1. The first-order valence-corrected chi connectivity index (χ1v) is 5.47. The quantitative estimate of drug-likeness (QED) is 0.486. The van der Waals surface area contributed by atoms with E-state index >= 15 is 0 Å². The zero-order valence-electron chi connectivity index (χ0n) is 9.46. The molecule has 92 valence electrons. The van der Waals surface area contributed by atoms with Gasteiger partial charge in [0.1, 0.15) is 5.15 Å². The van der Waals surface area contributed by atoms with E-state index in [0.717, 1.165) is 0 Å². The Morgan fingerprint density at radius 1 is 1.33 bits per heavy atom. The van der Waals surface area contributed by atoms with Crippen molar-refractivity contribution < 1.29 is 9.72 Å². The third-order valence-electron chi connectivity index (χ3n) is 2.65. The Morgan fingerprint density at radius 2 is 1.94 bits per heavy atom. The molecule has 0 aliphatic carbocycles. The average molecular weight is 265 g/mol. The summed E-state index contributed by atoms with van der Waals surface area (Å²) in [4.78, 5) is 21.1. The number of nitro groups is 1. The lowest BCUT2D eigenvalue weighted by Crippen LogP contribution is -1.88. The molecule has 2 aromatic rings. The molecule has 0 spiro atoms. The number of halogens is 1. The molecule has 0 atom stereocenters. The van der Waals surface area contributed by atoms with Crippen molar-refractivity contribution in [2.45, 2.75) is 0 Å². The standard InChI is InChI=1S/C12H9ClN2O3/c1-14-6-10(11(7-16)12(14)13)8-2-4-9(5-3-8)15(17)18/h2-7H,1H3. The maximum atomic E-state index is 11.0. The normalized spacial score (nSPS) is 10.3. The van der Waals surface area contributed by atoms with Crippen LogP contribution >= 0.6 is 11.6 Å². The Balaban J connectivity index is 2.52. The van der Waals surface area contributed by atoms with Gasteiger partial charge in [-0.15, -0.1) is 0 Å². The summed E-state index contributed by atoms with van der Waals surface area (Å²) in [7, 11) is 1.73. The third-order valence-corrected chi connectivity index (χ3v) is 3.12. The molecule has 0 saturated heterocycles. The zero-order valence-corrected chi connectivity index (χ0v) is 10.2. The molecule has 0 saturated carbocycles. The van der Waals surface area contributed by atoms with Crippen LogP contribution in [0.1, 0.15) is 10.4 Å². The molecule has 5 nitrogen and oxygen atoms in total. The minimum atomic E-state index is -0.470. The largest absolute Gasteiger partial charge is 0.341 e. The summed E-state index contributed by atoms with van der Waals surface area (Å²) in [5.41, 5.74) is 1.76. The Kier molecular flexibility index (Phi) is 3.16. The molecule has 2 rings (SSSR count). The zero-order chi connectivity index (χ0) is 13.3. The number of aryl methyl sites for hydroxylation is 1. The Morgan fingerprint density at radius 3 is 2.44 bits per heavy atom. The van der Waals surface area contributed by atoms with Crippen molar-refractivity contribution >= 4 is 23.6 Å². The summed E-state index contributed by atoms with van der Waals surface area (Å²) in [6, 6.07) is 5.98. The molecule has 1 heterocycles. The van der Waals surface area contributed by atoms with Crippen LogP contribution in [0.5, 0.6) is 0 Å². The van der Waals surface area contributed by atoms with Gasteiger partial charge >= 0.3 is 0 Å². The number of carbonyl (C=O) groups is 1. The van der Waals surface area contributed by atoms with Gasteiger partial charge in [-0.2, -0.15) is 0 Å². The molecular weight excluding hydrogens is 256 g/mol. The highest BCUT2D eigenvalue weighted by atomic mass is 35.5. The molecule has 18 heavy (non-hydrogen) atoms. The molecule has 6 heteroatoms. The summed E-state index contributed by atoms with van der Waals surface area (Å²) in [5.74, 6) is 0. The number of hydrogen-bond acceptors (Lipinski definition) is 3. The highest BCUT2D eigenvalue weighted by molar-refractivity contribution is 6.32. The minimum absolute atomic E-state index is 0.00781. The van der Waals surface area contributed by atoms with Crippen molar-refractivity contribution in [3.8, 4) is 11.1 Å². The number of benzene rings is 1. The first-order chi connectivity index (χ1) is 8.54. The van der Waals surface area contributed by atoms with Crippen molar-refractivity contribution in [2.24, 2.45) is 7.05 Å². The molecule has 0 unspecified atom stereocenters. The van der Waals surface area contributed by atoms with Crippen molar-refractivity contribution in [3.63, 3.8) is 0 Å². The van der Waals surface area contributed by atoms with Crippen LogP contribution in [-0.2, 0) is 7.05 Å². The molecular formula is C12H9ClN2O3. The summed E-state index contributed by atoms with van der Waals surface area (Å²) < 4.78 is 1.63. The fraction of sp³-hybridized carbons (Fsp3) is 0.0833. The van der Waals surface area contributed by atoms with E-state index in [9.17, 15) is 14.9 Å². The van der Waals surface area contributed by atoms with Crippen molar-refractivity contribution in [1.29, 1.82) is 0 Å². The lowest BCUT2D eigenvalue weighted by Gasteiger charge is -1.99. The van der Waals surface area contributed by atoms with Crippen LogP contribution in [0.15, 0.2) is 30.5 Å². The average Bonchev–Trinajstić information content (AvgIpc) is 2.65. The molecule has 0 aliphatic heterocycles. The molecule has 0 amide bonds. The molecule has 0 N–H and O–H groups in total. The molecule has 0 bridgehead atoms. The number of nitro benzene ring substituents is 1. The van der Waals surface area contributed by atoms with Crippen LogP contribution in [0, 0.1) is 10.1 Å². The Labute approximate surface area is 108 Å². The first-order valence-electron chi connectivity index (χ1n) is 5.09. The predicted molar refractivity (Wildman–Crippen MR) is 67.9 cm³/mol. The molecule has 1 aromatic heterocycles. The summed E-state index contributed by atoms with van der Waals surface area (Å²) in [5, 5.41) is 10.9. The van der Waals surface area contributed by atoms with Gasteiger partial charge in [0.05, 0.1) is 10.5 Å². The fourth-order valence-electron chi connectivity index (χ4n) is 1.73. The van der Waals surface area contributed by atoms with Gasteiger partial charge in [0, 0.05) is 30.9 Å². The van der Waals surface area contributed by atoms with Crippen molar-refractivity contribution in [1.82, 2.24) is 4.57 Å². The second-order valence-corrected chi connectivity index (χ2v) is 4.14. The number of nitrogens with zero attached hydrogens (tertiary/aromatic N) is 2. The van der Waals surface area contributed by atoms with Gasteiger partial charge in [-0.25, -0.2) is 0 Å². The van der Waals surface area contributed by atoms with E-state index in [0.29, 0.717) is 28.1 Å². The van der Waals surface area contributed by atoms with Crippen molar-refractivity contribution in [2.75, 3.05) is 0 Å². The lowest BCUT2D eigenvalue weighted by molar-refractivity contribution is -0.384. The molecule has 0 radical (unpaired) electrons. The van der Waals surface area contributed by atoms with E-state index in [1.807, 2.05) is 0 Å². The van der Waals surface area contributed by atoms with E-state index in [4.69, 9.17) is 11.6 Å². The van der Waals surface area contributed by atoms with Crippen molar-refractivity contribution in [3.05, 3.63) is 51.3 Å². The smallest absolute Gasteiger partial charge is 0.269 e. The minimum Gasteiger partial charge on any atom is -0.341 e. The monoisotopic (exact) mass is 264 g/mol. The molecule has 0 fully saturated rings. The van der Waals surface area contributed by atoms with Gasteiger partial charge in [-0.3, -0.25) is 14.9 Å². The second kappa shape index (κ2) is 4.62. The fourth-order valence-corrected chi connectivity index (χ4v) is 1.92. The van der Waals surface area contributed by atoms with Crippen LogP contribution in [0.3, 0.4) is 0 Å². The SMILES string of the molecule is Cn1cc(-c2ccc([N+](=O)[O-])cc2)c(C=O)c1Cl. The topological polar surface area (TPSA) is 65.1 Å². The number of aldehydes is 1. The third kappa shape index (κ3) is 2.00. The van der Waals surface area contributed by atoms with E-state index in [-0.39, 0.29) is 5.69 Å². The summed E-state index contributed by atoms with van der Waals surface area (Å²) >= 11 is 5.97. The van der Waals surface area contributed by atoms with E-state index in [1.54, 1.807) is 29.9 Å².